The lowest BCUT2D eigenvalue weighted by Gasteiger charge is -2.11. The third kappa shape index (κ3) is 5.79. The molecule has 0 saturated heterocycles. The van der Waals surface area contributed by atoms with Crippen LogP contribution in [0.5, 0.6) is 0 Å². The second kappa shape index (κ2) is 6.51. The molecule has 0 heterocycles. The Morgan fingerprint density at radius 2 is 1.94 bits per heavy atom. The van der Waals surface area contributed by atoms with Gasteiger partial charge in [-0.1, -0.05) is 37.3 Å². The van der Waals surface area contributed by atoms with E-state index >= 15 is 0 Å². The number of carbonyl (C=O) groups excluding carboxylic acids is 1. The van der Waals surface area contributed by atoms with Gasteiger partial charge in [0.2, 0.25) is 5.91 Å². The van der Waals surface area contributed by atoms with Crippen molar-refractivity contribution < 1.29 is 17.8 Å². The molecule has 1 atom stereocenters. The molecule has 0 fully saturated rings. The molecule has 0 saturated carbocycles. The number of benzene rings is 1. The number of amides is 1. The summed E-state index contributed by atoms with van der Waals surface area (Å²) in [6.07, 6.45) is 0.596. The zero-order valence-electron chi connectivity index (χ0n) is 10.2. The molecule has 1 amide bonds. The first-order valence-corrected chi connectivity index (χ1v) is 7.26. The van der Waals surface area contributed by atoms with Crippen LogP contribution in [0.25, 0.3) is 0 Å². The lowest BCUT2D eigenvalue weighted by molar-refractivity contribution is -0.124. The topological polar surface area (TPSA) is 83.5 Å². The van der Waals surface area contributed by atoms with Gasteiger partial charge in [-0.25, -0.2) is 0 Å². The Kier molecular flexibility index (Phi) is 5.30. The van der Waals surface area contributed by atoms with Gasteiger partial charge in [-0.3, -0.25) is 9.35 Å². The molecule has 0 aromatic heterocycles. The highest BCUT2D eigenvalue weighted by Gasteiger charge is 2.14. The number of hydrogen-bond donors (Lipinski definition) is 2. The van der Waals surface area contributed by atoms with Crippen molar-refractivity contribution in [1.82, 2.24) is 5.32 Å². The van der Waals surface area contributed by atoms with Gasteiger partial charge in [0.1, 0.15) is 0 Å². The summed E-state index contributed by atoms with van der Waals surface area (Å²) in [5.74, 6) is -0.923. The normalized spacial score (nSPS) is 13.0. The maximum atomic E-state index is 11.6. The number of nitrogens with one attached hydrogen (secondary N) is 1. The highest BCUT2D eigenvalue weighted by atomic mass is 32.2. The van der Waals surface area contributed by atoms with Crippen LogP contribution in [0.15, 0.2) is 30.3 Å². The molecule has 0 aliphatic carbocycles. The summed E-state index contributed by atoms with van der Waals surface area (Å²) in [5.41, 5.74) is 1.05. The fourth-order valence-electron chi connectivity index (χ4n) is 1.54. The van der Waals surface area contributed by atoms with Crippen molar-refractivity contribution in [3.05, 3.63) is 35.9 Å². The van der Waals surface area contributed by atoms with Crippen LogP contribution in [0.2, 0.25) is 0 Å². The number of rotatable bonds is 6. The first-order valence-electron chi connectivity index (χ1n) is 5.65. The second-order valence-electron chi connectivity index (χ2n) is 4.17. The molecule has 0 radical (unpaired) electrons. The van der Waals surface area contributed by atoms with Gasteiger partial charge < -0.3 is 5.32 Å². The fraction of sp³-hybridized carbons (Fsp3) is 0.417. The van der Waals surface area contributed by atoms with Gasteiger partial charge in [0.25, 0.3) is 10.1 Å². The summed E-state index contributed by atoms with van der Waals surface area (Å²) < 4.78 is 29.5. The van der Waals surface area contributed by atoms with Gasteiger partial charge >= 0.3 is 0 Å². The molecule has 5 nitrogen and oxygen atoms in total. The Morgan fingerprint density at radius 1 is 1.33 bits per heavy atom. The number of carbonyl (C=O) groups is 1. The zero-order chi connectivity index (χ0) is 13.6. The van der Waals surface area contributed by atoms with Crippen molar-refractivity contribution in [2.24, 2.45) is 5.92 Å². The summed E-state index contributed by atoms with van der Waals surface area (Å²) in [5, 5.41) is 2.48. The van der Waals surface area contributed by atoms with E-state index in [0.717, 1.165) is 5.56 Å². The standard InChI is InChI=1S/C12H17NO4S/c1-10(9-11-5-3-2-4-6-11)12(14)13-7-8-18(15,16)17/h2-6,10H,7-9H2,1H3,(H,13,14)(H,15,16,17)/t10-/m0/s1. The van der Waals surface area contributed by atoms with E-state index in [1.54, 1.807) is 6.92 Å². The Bertz CT molecular complexity index is 484. The highest BCUT2D eigenvalue weighted by molar-refractivity contribution is 7.85. The van der Waals surface area contributed by atoms with Gasteiger partial charge in [-0.2, -0.15) is 8.42 Å². The van der Waals surface area contributed by atoms with Crippen LogP contribution in [0, 0.1) is 5.92 Å². The summed E-state index contributed by atoms with van der Waals surface area (Å²) in [7, 11) is -4.02. The van der Waals surface area contributed by atoms with Crippen molar-refractivity contribution in [3.8, 4) is 0 Å². The van der Waals surface area contributed by atoms with E-state index in [2.05, 4.69) is 5.32 Å². The minimum atomic E-state index is -4.02. The van der Waals surface area contributed by atoms with Gasteiger partial charge in [-0.15, -0.1) is 0 Å². The largest absolute Gasteiger partial charge is 0.355 e. The average Bonchev–Trinajstić information content (AvgIpc) is 2.28. The quantitative estimate of drug-likeness (QED) is 0.752. The summed E-state index contributed by atoms with van der Waals surface area (Å²) >= 11 is 0. The van der Waals surface area contributed by atoms with E-state index < -0.39 is 15.9 Å². The molecule has 0 aliphatic rings. The molecular formula is C12H17NO4S. The highest BCUT2D eigenvalue weighted by Crippen LogP contribution is 2.07. The van der Waals surface area contributed by atoms with Gasteiger partial charge in [0.05, 0.1) is 5.75 Å². The van der Waals surface area contributed by atoms with Crippen LogP contribution in [-0.2, 0) is 21.3 Å². The van der Waals surface area contributed by atoms with Crippen LogP contribution in [0.4, 0.5) is 0 Å². The van der Waals surface area contributed by atoms with E-state index in [1.165, 1.54) is 0 Å². The molecule has 1 aromatic rings. The van der Waals surface area contributed by atoms with Crippen LogP contribution >= 0.6 is 0 Å². The maximum absolute atomic E-state index is 11.6. The van der Waals surface area contributed by atoms with Crippen molar-refractivity contribution in [3.63, 3.8) is 0 Å². The van der Waals surface area contributed by atoms with Crippen LogP contribution in [-0.4, -0.2) is 31.2 Å². The molecule has 0 aliphatic heterocycles. The molecule has 18 heavy (non-hydrogen) atoms. The number of hydrogen-bond acceptors (Lipinski definition) is 3. The molecular weight excluding hydrogens is 254 g/mol. The third-order valence-electron chi connectivity index (χ3n) is 2.49. The fourth-order valence-corrected chi connectivity index (χ4v) is 1.90. The van der Waals surface area contributed by atoms with E-state index in [1.807, 2.05) is 30.3 Å². The van der Waals surface area contributed by atoms with Crippen molar-refractivity contribution >= 4 is 16.0 Å². The average molecular weight is 271 g/mol. The Hall–Kier alpha value is -1.40. The maximum Gasteiger partial charge on any atom is 0.266 e. The Labute approximate surface area is 107 Å². The monoisotopic (exact) mass is 271 g/mol. The predicted octanol–water partition coefficient (Wildman–Crippen LogP) is 0.869. The smallest absolute Gasteiger partial charge is 0.266 e. The van der Waals surface area contributed by atoms with Crippen LogP contribution < -0.4 is 5.32 Å². The molecule has 2 N–H and O–H groups in total. The second-order valence-corrected chi connectivity index (χ2v) is 5.74. The first kappa shape index (κ1) is 14.7. The van der Waals surface area contributed by atoms with E-state index in [-0.39, 0.29) is 18.4 Å². The lowest BCUT2D eigenvalue weighted by Crippen LogP contribution is -2.33. The Morgan fingerprint density at radius 3 is 2.50 bits per heavy atom. The summed E-state index contributed by atoms with van der Waals surface area (Å²) in [4.78, 5) is 11.6. The van der Waals surface area contributed by atoms with Crippen molar-refractivity contribution in [2.45, 2.75) is 13.3 Å². The minimum Gasteiger partial charge on any atom is -0.355 e. The third-order valence-corrected chi connectivity index (χ3v) is 3.21. The molecule has 1 rings (SSSR count). The van der Waals surface area contributed by atoms with E-state index in [0.29, 0.717) is 6.42 Å². The van der Waals surface area contributed by atoms with Crippen molar-refractivity contribution in [2.75, 3.05) is 12.3 Å². The minimum absolute atomic E-state index is 0.0726. The summed E-state index contributed by atoms with van der Waals surface area (Å²) in [6, 6.07) is 9.57. The van der Waals surface area contributed by atoms with Crippen LogP contribution in [0.3, 0.4) is 0 Å². The van der Waals surface area contributed by atoms with E-state index in [9.17, 15) is 13.2 Å². The lowest BCUT2D eigenvalue weighted by atomic mass is 10.0. The molecule has 0 bridgehead atoms. The first-order chi connectivity index (χ1) is 8.38. The van der Waals surface area contributed by atoms with E-state index in [4.69, 9.17) is 4.55 Å². The summed E-state index contributed by atoms with van der Waals surface area (Å²) in [6.45, 7) is 1.70. The van der Waals surface area contributed by atoms with Crippen molar-refractivity contribution in [1.29, 1.82) is 0 Å². The van der Waals surface area contributed by atoms with Gasteiger partial charge in [-0.05, 0) is 12.0 Å². The van der Waals surface area contributed by atoms with Gasteiger partial charge in [0, 0.05) is 12.5 Å². The Balaban J connectivity index is 2.38. The zero-order valence-corrected chi connectivity index (χ0v) is 11.0. The SMILES string of the molecule is C[C@@H](Cc1ccccc1)C(=O)NCCS(=O)(=O)O. The molecule has 6 heteroatoms. The predicted molar refractivity (Wildman–Crippen MR) is 68.7 cm³/mol. The molecule has 100 valence electrons. The molecule has 0 unspecified atom stereocenters. The molecule has 1 aromatic carbocycles. The van der Waals surface area contributed by atoms with Gasteiger partial charge in [0.15, 0.2) is 0 Å². The van der Waals surface area contributed by atoms with Crippen LogP contribution in [0.1, 0.15) is 12.5 Å². The molecule has 0 spiro atoms.